The average Bonchev–Trinajstić information content (AvgIpc) is 2.28. The summed E-state index contributed by atoms with van der Waals surface area (Å²) in [5.74, 6) is -0.757. The van der Waals surface area contributed by atoms with E-state index in [1.807, 2.05) is 13.0 Å². The zero-order valence-electron chi connectivity index (χ0n) is 9.70. The van der Waals surface area contributed by atoms with Crippen LogP contribution in [-0.4, -0.2) is 10.8 Å². The Labute approximate surface area is 99.1 Å². The van der Waals surface area contributed by atoms with Crippen molar-refractivity contribution in [3.8, 4) is 11.1 Å². The van der Waals surface area contributed by atoms with Crippen molar-refractivity contribution in [3.05, 3.63) is 53.6 Å². The molecule has 2 rings (SSSR count). The summed E-state index contributed by atoms with van der Waals surface area (Å²) in [6, 6.07) is 6.54. The topological polar surface area (TPSA) is 30.0 Å². The molecule has 86 valence electrons. The molecule has 0 aliphatic heterocycles. The summed E-state index contributed by atoms with van der Waals surface area (Å²) in [5, 5.41) is 0. The van der Waals surface area contributed by atoms with Crippen LogP contribution >= 0.6 is 0 Å². The van der Waals surface area contributed by atoms with E-state index >= 15 is 0 Å². The van der Waals surface area contributed by atoms with Crippen molar-refractivity contribution < 1.29 is 9.18 Å². The third-order valence-electron chi connectivity index (χ3n) is 2.56. The van der Waals surface area contributed by atoms with Gasteiger partial charge in [-0.3, -0.25) is 9.78 Å². The lowest BCUT2D eigenvalue weighted by Crippen LogP contribution is -1.97. The SMILES string of the molecule is CC(=O)c1ccc(-c2cncc(C)c2)cc1F. The zero-order chi connectivity index (χ0) is 12.4. The molecule has 0 saturated carbocycles. The number of rotatable bonds is 2. The Morgan fingerprint density at radius 1 is 1.18 bits per heavy atom. The molecule has 0 saturated heterocycles. The van der Waals surface area contributed by atoms with E-state index in [9.17, 15) is 9.18 Å². The number of carbonyl (C=O) groups is 1. The number of nitrogens with zero attached hydrogens (tertiary/aromatic N) is 1. The van der Waals surface area contributed by atoms with Gasteiger partial charge in [-0.15, -0.1) is 0 Å². The van der Waals surface area contributed by atoms with Crippen LogP contribution in [0.4, 0.5) is 4.39 Å². The fourth-order valence-electron chi connectivity index (χ4n) is 1.69. The van der Waals surface area contributed by atoms with Crippen molar-refractivity contribution in [1.82, 2.24) is 4.98 Å². The normalized spacial score (nSPS) is 10.3. The van der Waals surface area contributed by atoms with Gasteiger partial charge in [0.1, 0.15) is 5.82 Å². The number of halogens is 1. The summed E-state index contributed by atoms with van der Waals surface area (Å²) in [4.78, 5) is 15.2. The lowest BCUT2D eigenvalue weighted by atomic mass is 10.0. The van der Waals surface area contributed by atoms with Crippen molar-refractivity contribution in [3.63, 3.8) is 0 Å². The number of benzene rings is 1. The molecule has 0 atom stereocenters. The predicted molar refractivity (Wildman–Crippen MR) is 64.4 cm³/mol. The van der Waals surface area contributed by atoms with Gasteiger partial charge in [-0.1, -0.05) is 6.07 Å². The summed E-state index contributed by atoms with van der Waals surface area (Å²) in [5.41, 5.74) is 2.70. The zero-order valence-corrected chi connectivity index (χ0v) is 9.70. The molecule has 1 aromatic heterocycles. The number of aryl methyl sites for hydroxylation is 1. The number of hydrogen-bond acceptors (Lipinski definition) is 2. The lowest BCUT2D eigenvalue weighted by molar-refractivity contribution is 0.101. The Morgan fingerprint density at radius 3 is 2.53 bits per heavy atom. The van der Waals surface area contributed by atoms with Gasteiger partial charge in [-0.2, -0.15) is 0 Å². The molecule has 1 heterocycles. The van der Waals surface area contributed by atoms with E-state index in [2.05, 4.69) is 4.98 Å². The molecule has 3 heteroatoms. The summed E-state index contributed by atoms with van der Waals surface area (Å²) in [6.45, 7) is 3.28. The molecule has 0 aliphatic carbocycles. The van der Waals surface area contributed by atoms with Gasteiger partial charge in [0.2, 0.25) is 0 Å². The molecule has 17 heavy (non-hydrogen) atoms. The second-order valence-electron chi connectivity index (χ2n) is 4.00. The van der Waals surface area contributed by atoms with Crippen molar-refractivity contribution in [2.45, 2.75) is 13.8 Å². The number of carbonyl (C=O) groups excluding carboxylic acids is 1. The highest BCUT2D eigenvalue weighted by Crippen LogP contribution is 2.22. The van der Waals surface area contributed by atoms with Gasteiger partial charge in [0.25, 0.3) is 0 Å². The largest absolute Gasteiger partial charge is 0.294 e. The number of aromatic nitrogens is 1. The Hall–Kier alpha value is -2.03. The maximum absolute atomic E-state index is 13.6. The predicted octanol–water partition coefficient (Wildman–Crippen LogP) is 3.40. The third-order valence-corrected chi connectivity index (χ3v) is 2.56. The molecular weight excluding hydrogens is 217 g/mol. The molecule has 0 radical (unpaired) electrons. The van der Waals surface area contributed by atoms with Crippen molar-refractivity contribution in [2.75, 3.05) is 0 Å². The Balaban J connectivity index is 2.48. The van der Waals surface area contributed by atoms with Crippen molar-refractivity contribution >= 4 is 5.78 Å². The van der Waals surface area contributed by atoms with Gasteiger partial charge in [0, 0.05) is 18.0 Å². The minimum Gasteiger partial charge on any atom is -0.294 e. The molecule has 2 nitrogen and oxygen atoms in total. The number of ketones is 1. The van der Waals surface area contributed by atoms with Gasteiger partial charge in [0.15, 0.2) is 5.78 Å². The number of hydrogen-bond donors (Lipinski definition) is 0. The molecular formula is C14H12FNO. The lowest BCUT2D eigenvalue weighted by Gasteiger charge is -2.04. The van der Waals surface area contributed by atoms with E-state index in [4.69, 9.17) is 0 Å². The van der Waals surface area contributed by atoms with E-state index in [1.54, 1.807) is 18.5 Å². The standard InChI is InChI=1S/C14H12FNO/c1-9-5-12(8-16-7-9)11-3-4-13(10(2)17)14(15)6-11/h3-8H,1-2H3. The van der Waals surface area contributed by atoms with E-state index in [1.165, 1.54) is 19.1 Å². The van der Waals surface area contributed by atoms with Crippen LogP contribution in [0, 0.1) is 12.7 Å². The highest BCUT2D eigenvalue weighted by atomic mass is 19.1. The molecule has 0 unspecified atom stereocenters. The first kappa shape index (κ1) is 11.5. The summed E-state index contributed by atoms with van der Waals surface area (Å²) >= 11 is 0. The monoisotopic (exact) mass is 229 g/mol. The van der Waals surface area contributed by atoms with Crippen molar-refractivity contribution in [1.29, 1.82) is 0 Å². The van der Waals surface area contributed by atoms with Crippen LogP contribution in [0.15, 0.2) is 36.7 Å². The van der Waals surface area contributed by atoms with Crippen LogP contribution in [0.3, 0.4) is 0 Å². The fourth-order valence-corrected chi connectivity index (χ4v) is 1.69. The maximum Gasteiger partial charge on any atom is 0.162 e. The van der Waals surface area contributed by atoms with Crippen LogP contribution < -0.4 is 0 Å². The number of pyridine rings is 1. The van der Waals surface area contributed by atoms with E-state index in [0.29, 0.717) is 0 Å². The second kappa shape index (κ2) is 4.45. The van der Waals surface area contributed by atoms with E-state index in [-0.39, 0.29) is 11.3 Å². The quantitative estimate of drug-likeness (QED) is 0.739. The first-order valence-corrected chi connectivity index (χ1v) is 5.30. The van der Waals surface area contributed by atoms with E-state index < -0.39 is 5.82 Å². The second-order valence-corrected chi connectivity index (χ2v) is 4.00. The molecule has 2 aromatic rings. The summed E-state index contributed by atoms with van der Waals surface area (Å²) in [7, 11) is 0. The molecule has 0 bridgehead atoms. The van der Waals surface area contributed by atoms with Gasteiger partial charge in [0.05, 0.1) is 5.56 Å². The van der Waals surface area contributed by atoms with Crippen LogP contribution in [0.1, 0.15) is 22.8 Å². The first-order chi connectivity index (χ1) is 8.08. The minimum atomic E-state index is -0.489. The summed E-state index contributed by atoms with van der Waals surface area (Å²) < 4.78 is 13.6. The van der Waals surface area contributed by atoms with Gasteiger partial charge in [-0.05, 0) is 43.2 Å². The highest BCUT2D eigenvalue weighted by molar-refractivity contribution is 5.94. The van der Waals surface area contributed by atoms with Crippen LogP contribution in [0.25, 0.3) is 11.1 Å². The van der Waals surface area contributed by atoms with Crippen molar-refractivity contribution in [2.24, 2.45) is 0 Å². The Morgan fingerprint density at radius 2 is 1.94 bits per heavy atom. The van der Waals surface area contributed by atoms with Crippen LogP contribution in [0.5, 0.6) is 0 Å². The maximum atomic E-state index is 13.6. The smallest absolute Gasteiger partial charge is 0.162 e. The minimum absolute atomic E-state index is 0.120. The average molecular weight is 229 g/mol. The molecule has 0 N–H and O–H groups in total. The van der Waals surface area contributed by atoms with Gasteiger partial charge < -0.3 is 0 Å². The summed E-state index contributed by atoms with van der Waals surface area (Å²) in [6.07, 6.45) is 3.42. The fraction of sp³-hybridized carbons (Fsp3) is 0.143. The van der Waals surface area contributed by atoms with Gasteiger partial charge >= 0.3 is 0 Å². The van der Waals surface area contributed by atoms with Crippen LogP contribution in [-0.2, 0) is 0 Å². The molecule has 1 aromatic carbocycles. The Bertz CT molecular complexity index is 578. The van der Waals surface area contributed by atoms with Crippen LogP contribution in [0.2, 0.25) is 0 Å². The molecule has 0 aliphatic rings. The third kappa shape index (κ3) is 2.38. The van der Waals surface area contributed by atoms with Gasteiger partial charge in [-0.25, -0.2) is 4.39 Å². The molecule has 0 spiro atoms. The molecule has 0 amide bonds. The first-order valence-electron chi connectivity index (χ1n) is 5.30. The molecule has 0 fully saturated rings. The van der Waals surface area contributed by atoms with E-state index in [0.717, 1.165) is 16.7 Å². The Kier molecular flexibility index (Phi) is 3.00. The number of Topliss-reactive ketones (excluding diaryl/α,β-unsaturated/α-hetero) is 1. The highest BCUT2D eigenvalue weighted by Gasteiger charge is 2.08.